The summed E-state index contributed by atoms with van der Waals surface area (Å²) >= 11 is 0. The highest BCUT2D eigenvalue weighted by Gasteiger charge is 2.23. The first-order valence-electron chi connectivity index (χ1n) is 8.39. The second-order valence-electron chi connectivity index (χ2n) is 6.31. The molecule has 0 unspecified atom stereocenters. The molecule has 0 radical (unpaired) electrons. The molecule has 0 saturated carbocycles. The maximum absolute atomic E-state index is 13.8. The third-order valence-electron chi connectivity index (χ3n) is 4.58. The summed E-state index contributed by atoms with van der Waals surface area (Å²) in [5, 5.41) is 20.3. The highest BCUT2D eigenvalue weighted by Crippen LogP contribution is 2.29. The minimum absolute atomic E-state index is 0.0936. The van der Waals surface area contributed by atoms with Crippen molar-refractivity contribution in [2.24, 2.45) is 0 Å². The molecule has 1 amide bonds. The molecule has 0 spiro atoms. The number of pyridine rings is 1. The van der Waals surface area contributed by atoms with Gasteiger partial charge in [0, 0.05) is 37.4 Å². The van der Waals surface area contributed by atoms with Crippen LogP contribution < -0.4 is 5.32 Å². The van der Waals surface area contributed by atoms with Gasteiger partial charge in [-0.1, -0.05) is 0 Å². The number of H-pyrrole nitrogens is 1. The first-order chi connectivity index (χ1) is 12.5. The second-order valence-corrected chi connectivity index (χ2v) is 6.31. The van der Waals surface area contributed by atoms with Crippen LogP contribution in [0.3, 0.4) is 0 Å². The molecule has 4 rings (SSSR count). The van der Waals surface area contributed by atoms with Crippen LogP contribution in [0.2, 0.25) is 0 Å². The van der Waals surface area contributed by atoms with E-state index in [1.54, 1.807) is 17.0 Å². The number of carbonyl (C=O) groups excluding carboxylic acids is 1. The van der Waals surface area contributed by atoms with Crippen LogP contribution >= 0.6 is 0 Å². The number of hydrogen-bond donors (Lipinski definition) is 3. The third kappa shape index (κ3) is 2.78. The van der Waals surface area contributed by atoms with E-state index in [2.05, 4.69) is 20.5 Å². The molecule has 3 heterocycles. The first-order valence-corrected chi connectivity index (χ1v) is 8.39. The van der Waals surface area contributed by atoms with Crippen LogP contribution in [-0.2, 0) is 0 Å². The molecule has 7 nitrogen and oxygen atoms in total. The van der Waals surface area contributed by atoms with Gasteiger partial charge in [-0.15, -0.1) is 0 Å². The van der Waals surface area contributed by atoms with Crippen molar-refractivity contribution in [3.63, 3.8) is 0 Å². The molecular weight excluding hydrogens is 337 g/mol. The van der Waals surface area contributed by atoms with Crippen LogP contribution in [0.25, 0.3) is 22.3 Å². The maximum atomic E-state index is 13.8. The van der Waals surface area contributed by atoms with Crippen molar-refractivity contribution in [1.82, 2.24) is 25.4 Å². The predicted octanol–water partition coefficient (Wildman–Crippen LogP) is 1.82. The monoisotopic (exact) mass is 355 g/mol. The van der Waals surface area contributed by atoms with E-state index < -0.39 is 11.6 Å². The summed E-state index contributed by atoms with van der Waals surface area (Å²) in [5.74, 6) is -1.26. The molecule has 26 heavy (non-hydrogen) atoms. The lowest BCUT2D eigenvalue weighted by molar-refractivity contribution is 0.0737. The van der Waals surface area contributed by atoms with E-state index in [1.165, 1.54) is 12.1 Å². The zero-order valence-electron chi connectivity index (χ0n) is 14.2. The summed E-state index contributed by atoms with van der Waals surface area (Å²) in [6.07, 6.45) is 0. The largest absolute Gasteiger partial charge is 0.505 e. The summed E-state index contributed by atoms with van der Waals surface area (Å²) in [4.78, 5) is 19.3. The number of aromatic nitrogens is 3. The number of phenols is 1. The number of rotatable bonds is 2. The van der Waals surface area contributed by atoms with Crippen molar-refractivity contribution < 1.29 is 14.3 Å². The van der Waals surface area contributed by atoms with Gasteiger partial charge in [0.05, 0.1) is 16.6 Å². The molecule has 2 aromatic heterocycles. The van der Waals surface area contributed by atoms with Gasteiger partial charge in [-0.25, -0.2) is 9.37 Å². The number of aromatic hydroxyl groups is 1. The first kappa shape index (κ1) is 16.5. The number of phenolic OH excluding ortho intramolecular Hbond substituents is 1. The number of carbonyl (C=O) groups is 1. The number of nitrogens with zero attached hydrogens (tertiary/aromatic N) is 3. The molecule has 3 aromatic rings. The summed E-state index contributed by atoms with van der Waals surface area (Å²) in [7, 11) is 0. The molecule has 0 bridgehead atoms. The SMILES string of the molecule is Cc1[nH]nc2nc(-c3ccc(O)c(F)c3)cc(C(=O)N3CCNCC3)c12. The Bertz CT molecular complexity index is 995. The highest BCUT2D eigenvalue weighted by atomic mass is 19.1. The topological polar surface area (TPSA) is 94.1 Å². The summed E-state index contributed by atoms with van der Waals surface area (Å²) in [6, 6.07) is 5.69. The number of amides is 1. The fraction of sp³-hybridized carbons (Fsp3) is 0.278. The van der Waals surface area contributed by atoms with Crippen LogP contribution in [0, 0.1) is 12.7 Å². The van der Waals surface area contributed by atoms with Gasteiger partial charge in [-0.2, -0.15) is 5.10 Å². The minimum atomic E-state index is -0.738. The van der Waals surface area contributed by atoms with Crippen molar-refractivity contribution >= 4 is 16.9 Å². The second kappa shape index (κ2) is 6.38. The average molecular weight is 355 g/mol. The van der Waals surface area contributed by atoms with Crippen LogP contribution in [0.15, 0.2) is 24.3 Å². The van der Waals surface area contributed by atoms with Gasteiger partial charge in [0.2, 0.25) is 0 Å². The predicted molar refractivity (Wildman–Crippen MR) is 94.5 cm³/mol. The highest BCUT2D eigenvalue weighted by molar-refractivity contribution is 6.07. The third-order valence-corrected chi connectivity index (χ3v) is 4.58. The Morgan fingerprint density at radius 1 is 1.27 bits per heavy atom. The van der Waals surface area contributed by atoms with E-state index in [9.17, 15) is 14.3 Å². The number of hydrogen-bond acceptors (Lipinski definition) is 5. The van der Waals surface area contributed by atoms with E-state index >= 15 is 0 Å². The average Bonchev–Trinajstić information content (AvgIpc) is 3.04. The molecule has 1 saturated heterocycles. The summed E-state index contributed by atoms with van der Waals surface area (Å²) < 4.78 is 13.8. The van der Waals surface area contributed by atoms with Crippen LogP contribution in [-0.4, -0.2) is 57.3 Å². The summed E-state index contributed by atoms with van der Waals surface area (Å²) in [5.41, 5.74) is 2.56. The van der Waals surface area contributed by atoms with Crippen molar-refractivity contribution in [3.8, 4) is 17.0 Å². The van der Waals surface area contributed by atoms with Gasteiger partial charge < -0.3 is 15.3 Å². The molecule has 0 atom stereocenters. The molecule has 0 aliphatic carbocycles. The van der Waals surface area contributed by atoms with E-state index in [1.807, 2.05) is 6.92 Å². The van der Waals surface area contributed by atoms with Gasteiger partial charge in [0.1, 0.15) is 0 Å². The summed E-state index contributed by atoms with van der Waals surface area (Å²) in [6.45, 7) is 4.59. The molecule has 8 heteroatoms. The van der Waals surface area contributed by atoms with E-state index in [0.717, 1.165) is 18.8 Å². The number of aryl methyl sites for hydroxylation is 1. The molecular formula is C18H18FN5O2. The standard InChI is InChI=1S/C18H18FN5O2/c1-10-16-12(18(26)24-6-4-20-5-7-24)9-14(21-17(16)23-22-10)11-2-3-15(25)13(19)8-11/h2-3,8-9,20,25H,4-7H2,1H3,(H,21,22,23). The molecule has 134 valence electrons. The molecule has 3 N–H and O–H groups in total. The lowest BCUT2D eigenvalue weighted by Crippen LogP contribution is -2.46. The zero-order valence-corrected chi connectivity index (χ0v) is 14.2. The van der Waals surface area contributed by atoms with Crippen molar-refractivity contribution in [3.05, 3.63) is 41.3 Å². The van der Waals surface area contributed by atoms with E-state index in [-0.39, 0.29) is 5.91 Å². The van der Waals surface area contributed by atoms with Gasteiger partial charge in [-0.3, -0.25) is 9.89 Å². The van der Waals surface area contributed by atoms with Gasteiger partial charge >= 0.3 is 0 Å². The number of halogens is 1. The maximum Gasteiger partial charge on any atom is 0.254 e. The molecule has 1 aliphatic heterocycles. The fourth-order valence-corrected chi connectivity index (χ4v) is 3.20. The Morgan fingerprint density at radius 2 is 2.04 bits per heavy atom. The number of nitrogens with one attached hydrogen (secondary N) is 2. The normalized spacial score (nSPS) is 14.8. The number of aromatic amines is 1. The quantitative estimate of drug-likeness (QED) is 0.652. The zero-order chi connectivity index (χ0) is 18.3. The minimum Gasteiger partial charge on any atom is -0.505 e. The Morgan fingerprint density at radius 3 is 2.77 bits per heavy atom. The van der Waals surface area contributed by atoms with Crippen LogP contribution in [0.1, 0.15) is 16.1 Å². The van der Waals surface area contributed by atoms with Gasteiger partial charge in [0.25, 0.3) is 5.91 Å². The Labute approximate surface area is 148 Å². The Hall–Kier alpha value is -3.00. The van der Waals surface area contributed by atoms with Crippen LogP contribution in [0.5, 0.6) is 5.75 Å². The van der Waals surface area contributed by atoms with Gasteiger partial charge in [-0.05, 0) is 31.2 Å². The number of fused-ring (bicyclic) bond motifs is 1. The number of benzene rings is 1. The molecule has 1 aliphatic rings. The van der Waals surface area contributed by atoms with Crippen molar-refractivity contribution in [1.29, 1.82) is 0 Å². The Kier molecular flexibility index (Phi) is 4.04. The van der Waals surface area contributed by atoms with Crippen molar-refractivity contribution in [2.75, 3.05) is 26.2 Å². The van der Waals surface area contributed by atoms with Crippen molar-refractivity contribution in [2.45, 2.75) is 6.92 Å². The Balaban J connectivity index is 1.86. The van der Waals surface area contributed by atoms with Gasteiger partial charge in [0.15, 0.2) is 17.2 Å². The number of piperazine rings is 1. The molecule has 1 aromatic carbocycles. The smallest absolute Gasteiger partial charge is 0.254 e. The van der Waals surface area contributed by atoms with E-state index in [0.29, 0.717) is 40.9 Å². The van der Waals surface area contributed by atoms with Crippen LogP contribution in [0.4, 0.5) is 4.39 Å². The lowest BCUT2D eigenvalue weighted by atomic mass is 10.0. The molecule has 1 fully saturated rings. The fourth-order valence-electron chi connectivity index (χ4n) is 3.20. The lowest BCUT2D eigenvalue weighted by Gasteiger charge is -2.27. The van der Waals surface area contributed by atoms with E-state index in [4.69, 9.17) is 0 Å².